The van der Waals surface area contributed by atoms with Crippen LogP contribution in [0.15, 0.2) is 30.3 Å². The lowest BCUT2D eigenvalue weighted by atomic mass is 9.81. The van der Waals surface area contributed by atoms with Gasteiger partial charge in [0, 0.05) is 30.5 Å². The van der Waals surface area contributed by atoms with Crippen LogP contribution in [0.1, 0.15) is 66.1 Å². The molecule has 0 aromatic heterocycles. The Morgan fingerprint density at radius 1 is 1.04 bits per heavy atom. The average Bonchev–Trinajstić information content (AvgIpc) is 2.56. The first-order valence-electron chi connectivity index (χ1n) is 9.85. The summed E-state index contributed by atoms with van der Waals surface area (Å²) in [6.45, 7) is 13.3. The van der Waals surface area contributed by atoms with Crippen molar-refractivity contribution in [3.63, 3.8) is 0 Å². The maximum atomic E-state index is 12.2. The second-order valence-electron chi connectivity index (χ2n) is 8.59. The number of nitrogens with zero attached hydrogens (tertiary/aromatic N) is 1. The van der Waals surface area contributed by atoms with Gasteiger partial charge in [0.1, 0.15) is 11.9 Å². The van der Waals surface area contributed by atoms with Crippen molar-refractivity contribution in [2.24, 2.45) is 0 Å². The van der Waals surface area contributed by atoms with Gasteiger partial charge >= 0.3 is 14.5 Å². The molecule has 0 aliphatic carbocycles. The van der Waals surface area contributed by atoms with E-state index in [-0.39, 0.29) is 17.2 Å². The van der Waals surface area contributed by atoms with Crippen LogP contribution >= 0.6 is 0 Å². The number of hydrogen-bond donors (Lipinski definition) is 0. The molecule has 4 nitrogen and oxygen atoms in total. The lowest BCUT2D eigenvalue weighted by Crippen LogP contribution is -2.61. The Labute approximate surface area is 163 Å². The molecule has 0 spiro atoms. The highest BCUT2D eigenvalue weighted by atomic mass is 27.2. The van der Waals surface area contributed by atoms with Crippen LogP contribution in [0.5, 0.6) is 0 Å². The summed E-state index contributed by atoms with van der Waals surface area (Å²) in [5.74, 6) is 0.303. The smallest absolute Gasteiger partial charge is 0.460 e. The van der Waals surface area contributed by atoms with E-state index < -0.39 is 14.5 Å². The topological polar surface area (TPSA) is 38.8 Å². The first kappa shape index (κ1) is 21.6. The Balaban J connectivity index is 2.23. The van der Waals surface area contributed by atoms with Gasteiger partial charge in [-0.1, -0.05) is 54.7 Å². The third kappa shape index (κ3) is 5.41. The number of carbonyl (C=O) groups is 1. The molecule has 2 rings (SSSR count). The molecule has 1 aliphatic rings. The second kappa shape index (κ2) is 8.99. The summed E-state index contributed by atoms with van der Waals surface area (Å²) in [7, 11) is 0. The Bertz CT molecular complexity index is 564. The van der Waals surface area contributed by atoms with E-state index in [0.29, 0.717) is 25.2 Å². The molecule has 5 heteroatoms. The zero-order chi connectivity index (χ0) is 19.4. The minimum absolute atomic E-state index is 0.156. The highest BCUT2D eigenvalue weighted by Crippen LogP contribution is 2.39. The van der Waals surface area contributed by atoms with Crippen molar-refractivity contribution in [2.45, 2.75) is 82.1 Å². The van der Waals surface area contributed by atoms with Crippen LogP contribution < -0.4 is 0 Å². The molecule has 0 saturated carbocycles. The van der Waals surface area contributed by atoms with Gasteiger partial charge in [-0.3, -0.25) is 9.63 Å². The van der Waals surface area contributed by atoms with Crippen molar-refractivity contribution in [3.8, 4) is 0 Å². The molecule has 1 aliphatic heterocycles. The monoisotopic (exact) mass is 375 g/mol. The quantitative estimate of drug-likeness (QED) is 0.604. The SMILES string of the molecule is C[CH2][Al]([CH2]C)[O]CC(ON1C(C)(C)CC(=O)CC1(C)C)c1ccccc1. The molecule has 0 radical (unpaired) electrons. The van der Waals surface area contributed by atoms with Gasteiger partial charge in [-0.2, -0.15) is 5.06 Å². The predicted octanol–water partition coefficient (Wildman–Crippen LogP) is 4.93. The van der Waals surface area contributed by atoms with Gasteiger partial charge < -0.3 is 3.79 Å². The van der Waals surface area contributed by atoms with Crippen LogP contribution in [0.2, 0.25) is 10.6 Å². The number of hydrogen-bond acceptors (Lipinski definition) is 4. The minimum atomic E-state index is -1.16. The summed E-state index contributed by atoms with van der Waals surface area (Å²) in [5.41, 5.74) is 0.451. The Kier molecular flexibility index (Phi) is 7.47. The standard InChI is InChI=1S/C17H24NO3.2C2H5.Al/c1-16(2)10-14(20)11-17(3,4)18(16)21-15(12-19)13-8-6-5-7-9-13;2*1-2;/h5-9,15H,10-12H2,1-4H3;2*1H2,2H3;/q-1;;;+1. The first-order valence-corrected chi connectivity index (χ1v) is 12.0. The van der Waals surface area contributed by atoms with Crippen LogP contribution in [0, 0.1) is 0 Å². The van der Waals surface area contributed by atoms with Gasteiger partial charge in [0.15, 0.2) is 0 Å². The van der Waals surface area contributed by atoms with Crippen LogP contribution in [0.3, 0.4) is 0 Å². The molecule has 1 aromatic carbocycles. The van der Waals surface area contributed by atoms with Crippen molar-refractivity contribution in [2.75, 3.05) is 6.61 Å². The first-order chi connectivity index (χ1) is 12.2. The number of carbonyl (C=O) groups excluding carboxylic acids is 1. The molecule has 1 atom stereocenters. The predicted molar refractivity (Wildman–Crippen MR) is 107 cm³/mol. The molecule has 26 heavy (non-hydrogen) atoms. The molecule has 0 N–H and O–H groups in total. The molecule has 1 unspecified atom stereocenters. The molecule has 1 aromatic rings. The summed E-state index contributed by atoms with van der Waals surface area (Å²) >= 11 is -1.16. The normalized spacial score (nSPS) is 20.8. The van der Waals surface area contributed by atoms with E-state index in [2.05, 4.69) is 58.7 Å². The van der Waals surface area contributed by atoms with E-state index in [1.807, 2.05) is 18.2 Å². The molecule has 0 bridgehead atoms. The van der Waals surface area contributed by atoms with Gasteiger partial charge in [-0.25, -0.2) is 0 Å². The highest BCUT2D eigenvalue weighted by Gasteiger charge is 2.47. The summed E-state index contributed by atoms with van der Waals surface area (Å²) in [5, 5.41) is 4.32. The highest BCUT2D eigenvalue weighted by molar-refractivity contribution is 6.51. The summed E-state index contributed by atoms with van der Waals surface area (Å²) in [6, 6.07) is 10.3. The summed E-state index contributed by atoms with van der Waals surface area (Å²) in [4.78, 5) is 18.8. The van der Waals surface area contributed by atoms with Gasteiger partial charge in [0.25, 0.3) is 0 Å². The Hall–Kier alpha value is -0.698. The summed E-state index contributed by atoms with van der Waals surface area (Å²) < 4.78 is 6.28. The van der Waals surface area contributed by atoms with Gasteiger partial charge in [0.05, 0.1) is 0 Å². The molecule has 1 saturated heterocycles. The zero-order valence-corrected chi connectivity index (χ0v) is 18.4. The lowest BCUT2D eigenvalue weighted by molar-refractivity contribution is -0.304. The number of rotatable bonds is 8. The molecule has 1 fully saturated rings. The molecule has 1 heterocycles. The largest absolute Gasteiger partial charge is 0.498 e. The third-order valence-corrected chi connectivity index (χ3v) is 7.64. The number of hydroxylamine groups is 2. The molecule has 144 valence electrons. The van der Waals surface area contributed by atoms with Crippen LogP contribution in [-0.4, -0.2) is 43.0 Å². The lowest BCUT2D eigenvalue weighted by Gasteiger charge is -2.51. The average molecular weight is 375 g/mol. The third-order valence-electron chi connectivity index (χ3n) is 5.16. The number of benzene rings is 1. The Morgan fingerprint density at radius 2 is 1.58 bits per heavy atom. The van der Waals surface area contributed by atoms with E-state index in [1.54, 1.807) is 0 Å². The van der Waals surface area contributed by atoms with Gasteiger partial charge in [-0.15, -0.1) is 0 Å². The number of ketones is 1. The van der Waals surface area contributed by atoms with Gasteiger partial charge in [0.2, 0.25) is 0 Å². The Morgan fingerprint density at radius 3 is 2.08 bits per heavy atom. The van der Waals surface area contributed by atoms with Crippen LogP contribution in [0.4, 0.5) is 0 Å². The fourth-order valence-corrected chi connectivity index (χ4v) is 5.50. The van der Waals surface area contributed by atoms with Crippen molar-refractivity contribution in [1.82, 2.24) is 5.06 Å². The molecular formula is C21H34AlNO3. The minimum Gasteiger partial charge on any atom is -0.498 e. The maximum absolute atomic E-state index is 12.2. The van der Waals surface area contributed by atoms with Crippen molar-refractivity contribution in [3.05, 3.63) is 35.9 Å². The van der Waals surface area contributed by atoms with E-state index in [0.717, 1.165) is 16.1 Å². The number of Topliss-reactive ketones (excluding diaryl/α,β-unsaturated/α-hetero) is 1. The van der Waals surface area contributed by atoms with Crippen molar-refractivity contribution >= 4 is 20.3 Å². The molecule has 0 amide bonds. The zero-order valence-electron chi connectivity index (χ0n) is 17.2. The maximum Gasteiger partial charge on any atom is 0.460 e. The summed E-state index contributed by atoms with van der Waals surface area (Å²) in [6.07, 6.45) is 0.872. The fourth-order valence-electron chi connectivity index (χ4n) is 4.01. The van der Waals surface area contributed by atoms with E-state index in [1.165, 1.54) is 0 Å². The van der Waals surface area contributed by atoms with Crippen molar-refractivity contribution < 1.29 is 13.4 Å². The van der Waals surface area contributed by atoms with E-state index in [4.69, 9.17) is 8.63 Å². The molecular weight excluding hydrogens is 341 g/mol. The fraction of sp³-hybridized carbons (Fsp3) is 0.667. The van der Waals surface area contributed by atoms with Crippen LogP contribution in [-0.2, 0) is 13.4 Å². The van der Waals surface area contributed by atoms with Crippen LogP contribution in [0.25, 0.3) is 0 Å². The van der Waals surface area contributed by atoms with E-state index in [9.17, 15) is 4.79 Å². The van der Waals surface area contributed by atoms with Gasteiger partial charge in [-0.05, 0) is 33.3 Å². The van der Waals surface area contributed by atoms with Crippen molar-refractivity contribution in [1.29, 1.82) is 0 Å². The van der Waals surface area contributed by atoms with E-state index >= 15 is 0 Å². The number of piperidine rings is 1. The second-order valence-corrected chi connectivity index (χ2v) is 11.8.